The van der Waals surface area contributed by atoms with Gasteiger partial charge in [0.25, 0.3) is 0 Å². The Morgan fingerprint density at radius 3 is 2.65 bits per heavy atom. The molecular weight excluding hydrogens is 420 g/mol. The van der Waals surface area contributed by atoms with Gasteiger partial charge in [-0.25, -0.2) is 4.79 Å². The molecule has 4 rings (SSSR count). The van der Waals surface area contributed by atoms with Gasteiger partial charge >= 0.3 is 5.97 Å². The summed E-state index contributed by atoms with van der Waals surface area (Å²) < 4.78 is 18.2. The predicted octanol–water partition coefficient (Wildman–Crippen LogP) is 2.85. The van der Waals surface area contributed by atoms with Crippen LogP contribution < -0.4 is 14.8 Å². The van der Waals surface area contributed by atoms with E-state index < -0.39 is 5.97 Å². The number of nitrogens with one attached hydrogen (secondary N) is 1. The molecule has 1 unspecified atom stereocenters. The molecule has 160 valence electrons. The maximum Gasteiger partial charge on any atom is 0.337 e. The van der Waals surface area contributed by atoms with Gasteiger partial charge in [0.2, 0.25) is 5.91 Å². The molecule has 1 aliphatic rings. The van der Waals surface area contributed by atoms with Crippen molar-refractivity contribution in [2.24, 2.45) is 7.05 Å². The largest absolute Gasteiger partial charge is 0.485 e. The number of amides is 1. The molecule has 0 saturated heterocycles. The smallest absolute Gasteiger partial charge is 0.337 e. The number of esters is 1. The fourth-order valence-corrected chi connectivity index (χ4v) is 3.73. The highest BCUT2D eigenvalue weighted by Gasteiger charge is 2.27. The average molecular weight is 440 g/mol. The monoisotopic (exact) mass is 440 g/mol. The maximum absolute atomic E-state index is 12.3. The van der Waals surface area contributed by atoms with E-state index >= 15 is 0 Å². The molecule has 0 radical (unpaired) electrons. The Morgan fingerprint density at radius 1 is 1.16 bits per heavy atom. The van der Waals surface area contributed by atoms with Gasteiger partial charge < -0.3 is 24.1 Å². The third kappa shape index (κ3) is 4.64. The highest BCUT2D eigenvalue weighted by atomic mass is 32.2. The quantitative estimate of drug-likeness (QED) is 0.461. The van der Waals surface area contributed by atoms with Gasteiger partial charge in [-0.3, -0.25) is 4.79 Å². The van der Waals surface area contributed by atoms with Crippen LogP contribution in [0.5, 0.6) is 11.5 Å². The number of ether oxygens (including phenoxy) is 3. The normalized spacial score (nSPS) is 14.7. The molecule has 0 fully saturated rings. The van der Waals surface area contributed by atoms with E-state index in [-0.39, 0.29) is 17.8 Å². The van der Waals surface area contributed by atoms with Crippen molar-refractivity contribution >= 4 is 29.3 Å². The topological polar surface area (TPSA) is 105 Å². The third-order valence-corrected chi connectivity index (χ3v) is 5.61. The molecule has 1 amide bonds. The SMILES string of the molecule is COC(=O)c1ccc(NC(=O)CSc2nnc(C3COc4ccccc4O3)n2C)cc1. The zero-order valence-electron chi connectivity index (χ0n) is 16.9. The van der Waals surface area contributed by atoms with E-state index in [1.807, 2.05) is 31.3 Å². The number of anilines is 1. The van der Waals surface area contributed by atoms with Crippen LogP contribution in [-0.2, 0) is 16.6 Å². The summed E-state index contributed by atoms with van der Waals surface area (Å²) in [4.78, 5) is 23.8. The lowest BCUT2D eigenvalue weighted by Gasteiger charge is -2.25. The first-order valence-corrected chi connectivity index (χ1v) is 10.4. The second-order valence-corrected chi connectivity index (χ2v) is 7.61. The Bertz CT molecular complexity index is 1100. The Morgan fingerprint density at radius 2 is 1.90 bits per heavy atom. The van der Waals surface area contributed by atoms with E-state index in [4.69, 9.17) is 9.47 Å². The molecule has 1 N–H and O–H groups in total. The fourth-order valence-electron chi connectivity index (χ4n) is 3.01. The van der Waals surface area contributed by atoms with Crippen LogP contribution in [-0.4, -0.2) is 46.1 Å². The van der Waals surface area contributed by atoms with Crippen molar-refractivity contribution in [3.63, 3.8) is 0 Å². The first-order chi connectivity index (χ1) is 15.0. The molecule has 10 heteroatoms. The number of fused-ring (bicyclic) bond motifs is 1. The standard InChI is InChI=1S/C21H20N4O5S/c1-25-19(17-11-29-15-5-3-4-6-16(15)30-17)23-24-21(25)31-12-18(26)22-14-9-7-13(8-10-14)20(27)28-2/h3-10,17H,11-12H2,1-2H3,(H,22,26). The minimum atomic E-state index is -0.428. The van der Waals surface area contributed by atoms with E-state index in [2.05, 4.69) is 20.3 Å². The number of hydrogen-bond acceptors (Lipinski definition) is 8. The van der Waals surface area contributed by atoms with Gasteiger partial charge in [-0.2, -0.15) is 0 Å². The molecule has 3 aromatic rings. The van der Waals surface area contributed by atoms with Crippen LogP contribution in [0, 0.1) is 0 Å². The molecule has 2 heterocycles. The van der Waals surface area contributed by atoms with Gasteiger partial charge in [0.05, 0.1) is 18.4 Å². The van der Waals surface area contributed by atoms with E-state index in [0.29, 0.717) is 40.3 Å². The summed E-state index contributed by atoms with van der Waals surface area (Å²) in [5.41, 5.74) is 1.00. The van der Waals surface area contributed by atoms with Gasteiger partial charge in [0.15, 0.2) is 28.6 Å². The lowest BCUT2D eigenvalue weighted by molar-refractivity contribution is -0.113. The molecule has 0 aliphatic carbocycles. The first-order valence-electron chi connectivity index (χ1n) is 9.44. The molecule has 1 aromatic heterocycles. The summed E-state index contributed by atoms with van der Waals surface area (Å²) in [6, 6.07) is 13.9. The van der Waals surface area contributed by atoms with Gasteiger partial charge in [0, 0.05) is 12.7 Å². The van der Waals surface area contributed by atoms with Crippen LogP contribution in [0.2, 0.25) is 0 Å². The molecular formula is C21H20N4O5S. The van der Waals surface area contributed by atoms with Crippen molar-refractivity contribution in [3.05, 3.63) is 59.9 Å². The lowest BCUT2D eigenvalue weighted by atomic mass is 10.2. The van der Waals surface area contributed by atoms with Gasteiger partial charge in [-0.15, -0.1) is 10.2 Å². The minimum absolute atomic E-state index is 0.148. The van der Waals surface area contributed by atoms with Crippen LogP contribution in [0.4, 0.5) is 5.69 Å². The number of carbonyl (C=O) groups is 2. The minimum Gasteiger partial charge on any atom is -0.485 e. The zero-order valence-corrected chi connectivity index (χ0v) is 17.7. The summed E-state index contributed by atoms with van der Waals surface area (Å²) >= 11 is 1.26. The van der Waals surface area contributed by atoms with E-state index in [1.165, 1.54) is 18.9 Å². The van der Waals surface area contributed by atoms with Crippen LogP contribution in [0.25, 0.3) is 0 Å². The van der Waals surface area contributed by atoms with Crippen LogP contribution in [0.15, 0.2) is 53.7 Å². The molecule has 0 spiro atoms. The second-order valence-electron chi connectivity index (χ2n) is 6.67. The molecule has 9 nitrogen and oxygen atoms in total. The van der Waals surface area contributed by atoms with Gasteiger partial charge in [-0.1, -0.05) is 23.9 Å². The number of para-hydroxylation sites is 2. The van der Waals surface area contributed by atoms with Gasteiger partial charge in [0.1, 0.15) is 6.61 Å². The Kier molecular flexibility index (Phi) is 6.08. The van der Waals surface area contributed by atoms with Crippen molar-refractivity contribution in [1.82, 2.24) is 14.8 Å². The van der Waals surface area contributed by atoms with Crippen LogP contribution in [0.3, 0.4) is 0 Å². The number of aromatic nitrogens is 3. The van der Waals surface area contributed by atoms with E-state index in [1.54, 1.807) is 28.8 Å². The Balaban J connectivity index is 1.34. The third-order valence-electron chi connectivity index (χ3n) is 4.59. The second kappa shape index (κ2) is 9.09. The van der Waals surface area contributed by atoms with Crippen molar-refractivity contribution in [1.29, 1.82) is 0 Å². The average Bonchev–Trinajstić information content (AvgIpc) is 3.17. The molecule has 0 bridgehead atoms. The van der Waals surface area contributed by atoms with Crippen molar-refractivity contribution in [2.45, 2.75) is 11.3 Å². The molecule has 1 atom stereocenters. The molecule has 0 saturated carbocycles. The summed E-state index contributed by atoms with van der Waals surface area (Å²) in [6.45, 7) is 0.329. The van der Waals surface area contributed by atoms with E-state index in [9.17, 15) is 9.59 Å². The molecule has 31 heavy (non-hydrogen) atoms. The Labute approximate surface area is 182 Å². The maximum atomic E-state index is 12.3. The predicted molar refractivity (Wildman–Crippen MR) is 113 cm³/mol. The number of hydrogen-bond donors (Lipinski definition) is 1. The number of benzene rings is 2. The summed E-state index contributed by atoms with van der Waals surface area (Å²) in [7, 11) is 3.14. The van der Waals surface area contributed by atoms with Crippen molar-refractivity contribution in [3.8, 4) is 11.5 Å². The highest BCUT2D eigenvalue weighted by Crippen LogP contribution is 2.35. The van der Waals surface area contributed by atoms with Crippen molar-refractivity contribution in [2.75, 3.05) is 24.8 Å². The number of rotatable bonds is 6. The van der Waals surface area contributed by atoms with Crippen LogP contribution in [0.1, 0.15) is 22.3 Å². The van der Waals surface area contributed by atoms with E-state index in [0.717, 1.165) is 0 Å². The fraction of sp³-hybridized carbons (Fsp3) is 0.238. The number of nitrogens with zero attached hydrogens (tertiary/aromatic N) is 3. The van der Waals surface area contributed by atoms with Gasteiger partial charge in [-0.05, 0) is 36.4 Å². The zero-order chi connectivity index (χ0) is 21.8. The number of methoxy groups -OCH3 is 1. The summed E-state index contributed by atoms with van der Waals surface area (Å²) in [5, 5.41) is 11.8. The van der Waals surface area contributed by atoms with Crippen molar-refractivity contribution < 1.29 is 23.8 Å². The number of carbonyl (C=O) groups excluding carboxylic acids is 2. The Hall–Kier alpha value is -3.53. The lowest BCUT2D eigenvalue weighted by Crippen LogP contribution is -2.24. The first kappa shape index (κ1) is 20.7. The molecule has 2 aromatic carbocycles. The summed E-state index contributed by atoms with van der Waals surface area (Å²) in [5.74, 6) is 1.50. The summed E-state index contributed by atoms with van der Waals surface area (Å²) in [6.07, 6.45) is -0.385. The molecule has 1 aliphatic heterocycles. The number of thioether (sulfide) groups is 1. The van der Waals surface area contributed by atoms with Crippen LogP contribution >= 0.6 is 11.8 Å². The highest BCUT2D eigenvalue weighted by molar-refractivity contribution is 7.99.